The summed E-state index contributed by atoms with van der Waals surface area (Å²) in [5.41, 5.74) is 3.68. The predicted molar refractivity (Wildman–Crippen MR) is 80.5 cm³/mol. The lowest BCUT2D eigenvalue weighted by atomic mass is 10.2. The van der Waals surface area contributed by atoms with Crippen LogP contribution in [0.5, 0.6) is 0 Å². The first-order valence-electron chi connectivity index (χ1n) is 6.47. The van der Waals surface area contributed by atoms with E-state index in [2.05, 4.69) is 42.1 Å². The van der Waals surface area contributed by atoms with Crippen LogP contribution < -0.4 is 5.32 Å². The second-order valence-electron chi connectivity index (χ2n) is 4.87. The van der Waals surface area contributed by atoms with E-state index in [4.69, 9.17) is 4.42 Å². The molecule has 2 nitrogen and oxygen atoms in total. The Bertz CT molecular complexity index is 650. The first-order valence-corrected chi connectivity index (χ1v) is 7.42. The molecule has 3 heteroatoms. The molecule has 0 aliphatic rings. The summed E-state index contributed by atoms with van der Waals surface area (Å²) in [7, 11) is 0. The molecular weight excluding hydrogens is 254 g/mol. The molecule has 3 aromatic rings. The minimum atomic E-state index is 0.215. The minimum Gasteiger partial charge on any atom is -0.459 e. The topological polar surface area (TPSA) is 25.2 Å². The van der Waals surface area contributed by atoms with Gasteiger partial charge in [0.25, 0.3) is 0 Å². The van der Waals surface area contributed by atoms with E-state index in [1.807, 2.05) is 18.2 Å². The van der Waals surface area contributed by atoms with Crippen molar-refractivity contribution in [1.82, 2.24) is 5.32 Å². The summed E-state index contributed by atoms with van der Waals surface area (Å²) in [6.45, 7) is 5.17. The third kappa shape index (κ3) is 2.57. The van der Waals surface area contributed by atoms with Crippen LogP contribution in [0.1, 0.15) is 29.9 Å². The highest BCUT2D eigenvalue weighted by Crippen LogP contribution is 2.24. The Morgan fingerprint density at radius 3 is 2.84 bits per heavy atom. The molecule has 2 aromatic heterocycles. The lowest BCUT2D eigenvalue weighted by Gasteiger charge is -2.10. The van der Waals surface area contributed by atoms with Gasteiger partial charge in [0.2, 0.25) is 0 Å². The molecule has 1 atom stereocenters. The molecule has 0 bridgehead atoms. The van der Waals surface area contributed by atoms with E-state index in [9.17, 15) is 0 Å². The van der Waals surface area contributed by atoms with Crippen molar-refractivity contribution in [1.29, 1.82) is 0 Å². The van der Waals surface area contributed by atoms with Crippen LogP contribution in [0.25, 0.3) is 11.0 Å². The maximum atomic E-state index is 5.87. The molecule has 0 fully saturated rings. The third-order valence-electron chi connectivity index (χ3n) is 3.43. The lowest BCUT2D eigenvalue weighted by Crippen LogP contribution is -2.17. The van der Waals surface area contributed by atoms with Crippen LogP contribution in [0.3, 0.4) is 0 Å². The van der Waals surface area contributed by atoms with Crippen LogP contribution in [-0.4, -0.2) is 0 Å². The maximum absolute atomic E-state index is 5.87. The van der Waals surface area contributed by atoms with Crippen molar-refractivity contribution >= 4 is 22.3 Å². The Balaban J connectivity index is 1.73. The van der Waals surface area contributed by atoms with Crippen LogP contribution in [0, 0.1) is 6.92 Å². The lowest BCUT2D eigenvalue weighted by molar-refractivity contribution is 0.451. The van der Waals surface area contributed by atoms with Crippen molar-refractivity contribution in [2.24, 2.45) is 0 Å². The Kier molecular flexibility index (Phi) is 3.40. The van der Waals surface area contributed by atoms with Crippen molar-refractivity contribution in [2.75, 3.05) is 0 Å². The van der Waals surface area contributed by atoms with Crippen molar-refractivity contribution in [3.05, 3.63) is 58.0 Å². The molecule has 1 unspecified atom stereocenters. The summed E-state index contributed by atoms with van der Waals surface area (Å²) in [6, 6.07) is 10.5. The molecule has 0 amide bonds. The van der Waals surface area contributed by atoms with E-state index >= 15 is 0 Å². The fourth-order valence-corrected chi connectivity index (χ4v) is 3.00. The second-order valence-corrected chi connectivity index (χ2v) is 5.61. The number of benzene rings is 1. The summed E-state index contributed by atoms with van der Waals surface area (Å²) < 4.78 is 5.87. The van der Waals surface area contributed by atoms with Crippen molar-refractivity contribution in [3.63, 3.8) is 0 Å². The number of thiophene rings is 1. The molecule has 1 N–H and O–H groups in total. The molecule has 0 aliphatic carbocycles. The third-order valence-corrected chi connectivity index (χ3v) is 4.34. The highest BCUT2D eigenvalue weighted by molar-refractivity contribution is 7.08. The number of furan rings is 1. The van der Waals surface area contributed by atoms with Crippen LogP contribution in [-0.2, 0) is 6.54 Å². The van der Waals surface area contributed by atoms with Gasteiger partial charge in [0, 0.05) is 11.9 Å². The predicted octanol–water partition coefficient (Wildman–Crippen LogP) is 4.65. The molecule has 0 radical (unpaired) electrons. The molecule has 3 rings (SSSR count). The van der Waals surface area contributed by atoms with Gasteiger partial charge in [-0.1, -0.05) is 18.2 Å². The largest absolute Gasteiger partial charge is 0.459 e. The fraction of sp³-hybridized carbons (Fsp3) is 0.250. The van der Waals surface area contributed by atoms with Crippen LogP contribution in [0.2, 0.25) is 0 Å². The summed E-state index contributed by atoms with van der Waals surface area (Å²) in [5, 5.41) is 9.07. The van der Waals surface area contributed by atoms with E-state index in [1.54, 1.807) is 11.3 Å². The van der Waals surface area contributed by atoms with E-state index in [1.165, 1.54) is 11.1 Å². The number of hydrogen-bond acceptors (Lipinski definition) is 3. The van der Waals surface area contributed by atoms with E-state index in [0.717, 1.165) is 23.3 Å². The summed E-state index contributed by atoms with van der Waals surface area (Å²) in [5.74, 6) is 0.995. The van der Waals surface area contributed by atoms with Crippen molar-refractivity contribution < 1.29 is 4.42 Å². The van der Waals surface area contributed by atoms with E-state index in [-0.39, 0.29) is 6.04 Å². The molecule has 0 spiro atoms. The first-order chi connectivity index (χ1) is 9.24. The van der Waals surface area contributed by atoms with Crippen molar-refractivity contribution in [2.45, 2.75) is 26.4 Å². The van der Waals surface area contributed by atoms with Crippen LogP contribution in [0.4, 0.5) is 0 Å². The zero-order valence-electron chi connectivity index (χ0n) is 11.1. The zero-order valence-corrected chi connectivity index (χ0v) is 12.0. The minimum absolute atomic E-state index is 0.215. The van der Waals surface area contributed by atoms with Gasteiger partial charge in [0.15, 0.2) is 0 Å². The Morgan fingerprint density at radius 1 is 1.26 bits per heavy atom. The number of para-hydroxylation sites is 1. The second kappa shape index (κ2) is 5.19. The molecule has 0 aliphatic heterocycles. The average molecular weight is 271 g/mol. The fourth-order valence-electron chi connectivity index (χ4n) is 2.15. The van der Waals surface area contributed by atoms with Gasteiger partial charge < -0.3 is 9.73 Å². The van der Waals surface area contributed by atoms with Gasteiger partial charge in [-0.25, -0.2) is 0 Å². The molecule has 19 heavy (non-hydrogen) atoms. The number of rotatable bonds is 4. The number of aryl methyl sites for hydroxylation is 1. The number of nitrogens with one attached hydrogen (secondary N) is 1. The van der Waals surface area contributed by atoms with Crippen LogP contribution in [0.15, 0.2) is 45.5 Å². The standard InChI is InChI=1S/C16H17NOS/c1-11-9-19-10-14(11)8-17-12(2)16-7-13-5-3-4-6-15(13)18-16/h3-7,9-10,12,17H,8H2,1-2H3. The SMILES string of the molecule is Cc1cscc1CNC(C)c1cc2ccccc2o1. The van der Waals surface area contributed by atoms with Gasteiger partial charge in [-0.3, -0.25) is 0 Å². The molecule has 0 saturated heterocycles. The van der Waals surface area contributed by atoms with Gasteiger partial charge in [-0.2, -0.15) is 11.3 Å². The Morgan fingerprint density at radius 2 is 2.11 bits per heavy atom. The maximum Gasteiger partial charge on any atom is 0.134 e. The molecular formula is C16H17NOS. The normalized spacial score (nSPS) is 12.9. The van der Waals surface area contributed by atoms with Crippen LogP contribution >= 0.6 is 11.3 Å². The van der Waals surface area contributed by atoms with Crippen molar-refractivity contribution in [3.8, 4) is 0 Å². The first kappa shape index (κ1) is 12.5. The summed E-state index contributed by atoms with van der Waals surface area (Å²) in [6.07, 6.45) is 0. The monoisotopic (exact) mass is 271 g/mol. The molecule has 0 saturated carbocycles. The van der Waals surface area contributed by atoms with E-state index < -0.39 is 0 Å². The molecule has 98 valence electrons. The number of fused-ring (bicyclic) bond motifs is 1. The smallest absolute Gasteiger partial charge is 0.134 e. The highest BCUT2D eigenvalue weighted by Gasteiger charge is 2.11. The molecule has 2 heterocycles. The highest BCUT2D eigenvalue weighted by atomic mass is 32.1. The zero-order chi connectivity index (χ0) is 13.2. The number of hydrogen-bond donors (Lipinski definition) is 1. The Hall–Kier alpha value is -1.58. The van der Waals surface area contributed by atoms with Gasteiger partial charge in [0.05, 0.1) is 6.04 Å². The van der Waals surface area contributed by atoms with Gasteiger partial charge in [0.1, 0.15) is 11.3 Å². The average Bonchev–Trinajstić information content (AvgIpc) is 3.01. The van der Waals surface area contributed by atoms with Gasteiger partial charge in [-0.05, 0) is 47.9 Å². The van der Waals surface area contributed by atoms with E-state index in [0.29, 0.717) is 0 Å². The summed E-state index contributed by atoms with van der Waals surface area (Å²) >= 11 is 1.75. The quantitative estimate of drug-likeness (QED) is 0.747. The van der Waals surface area contributed by atoms with Gasteiger partial charge >= 0.3 is 0 Å². The Labute approximate surface area is 117 Å². The van der Waals surface area contributed by atoms with Gasteiger partial charge in [-0.15, -0.1) is 0 Å². The molecule has 1 aromatic carbocycles. The summed E-state index contributed by atoms with van der Waals surface area (Å²) in [4.78, 5) is 0.